The minimum atomic E-state index is -1.34. The van der Waals surface area contributed by atoms with Crippen LogP contribution in [0.5, 0.6) is 0 Å². The van der Waals surface area contributed by atoms with Gasteiger partial charge >= 0.3 is 18.1 Å². The summed E-state index contributed by atoms with van der Waals surface area (Å²) in [6, 6.07) is 19.6. The number of imide groups is 1. The van der Waals surface area contributed by atoms with E-state index in [1.807, 2.05) is 12.1 Å². The summed E-state index contributed by atoms with van der Waals surface area (Å²) in [6.07, 6.45) is 6.80. The van der Waals surface area contributed by atoms with Gasteiger partial charge in [-0.15, -0.1) is 0 Å². The molecule has 3 aromatic carbocycles. The molecule has 4 N–H and O–H groups in total. The van der Waals surface area contributed by atoms with E-state index in [0.29, 0.717) is 46.5 Å². The fourth-order valence-corrected chi connectivity index (χ4v) is 10.3. The van der Waals surface area contributed by atoms with Crippen LogP contribution in [-0.2, 0) is 49.0 Å². The number of fused-ring (bicyclic) bond motifs is 1. The maximum Gasteiger partial charge on any atom is 0.408 e. The largest absolute Gasteiger partial charge is 0.453 e. The van der Waals surface area contributed by atoms with Crippen LogP contribution < -0.4 is 21.5 Å². The summed E-state index contributed by atoms with van der Waals surface area (Å²) in [4.78, 5) is 93.8. The van der Waals surface area contributed by atoms with Crippen molar-refractivity contribution >= 4 is 46.6 Å². The third-order valence-electron chi connectivity index (χ3n) is 14.7. The van der Waals surface area contributed by atoms with Crippen molar-refractivity contribution in [2.45, 2.75) is 117 Å². The Morgan fingerprint density at radius 2 is 1.51 bits per heavy atom. The number of carbonyl (C=O) groups excluding carboxylic acids is 5. The van der Waals surface area contributed by atoms with Crippen LogP contribution >= 0.6 is 0 Å². The number of amides is 5. The number of esters is 1. The third kappa shape index (κ3) is 14.1. The van der Waals surface area contributed by atoms with Crippen LogP contribution in [0.3, 0.4) is 0 Å². The van der Waals surface area contributed by atoms with Crippen molar-refractivity contribution in [3.8, 4) is 22.5 Å². The van der Waals surface area contributed by atoms with Gasteiger partial charge in [-0.2, -0.15) is 0 Å². The topological polar surface area (TPSA) is 222 Å². The van der Waals surface area contributed by atoms with E-state index in [1.165, 1.54) is 35.0 Å². The Hall–Kier alpha value is -7.88. The quantitative estimate of drug-likeness (QED) is 0.0634. The molecule has 21 heteroatoms. The van der Waals surface area contributed by atoms with E-state index < -0.39 is 53.4 Å². The molecule has 3 aromatic heterocycles. The number of aromatic nitrogens is 4. The van der Waals surface area contributed by atoms with Crippen molar-refractivity contribution in [2.24, 2.45) is 0 Å². The molecule has 422 valence electrons. The normalized spacial score (nSPS) is 16.2. The average molecular weight is 1100 g/mol. The monoisotopic (exact) mass is 1100 g/mol. The second kappa shape index (κ2) is 24.2. The molecular formula is C59H68F2N10O9. The van der Waals surface area contributed by atoms with Crippen molar-refractivity contribution in [3.05, 3.63) is 135 Å². The maximum atomic E-state index is 15.7. The molecule has 0 aliphatic carbocycles. The summed E-state index contributed by atoms with van der Waals surface area (Å²) in [5.41, 5.74) is 3.11. The van der Waals surface area contributed by atoms with Gasteiger partial charge in [0.2, 0.25) is 5.91 Å². The molecule has 9 rings (SSSR count). The molecular weight excluding hydrogens is 1030 g/mol. The molecule has 6 heterocycles. The Morgan fingerprint density at radius 1 is 0.800 bits per heavy atom. The number of hydrogen-bond donors (Lipinski definition) is 4. The van der Waals surface area contributed by atoms with E-state index >= 15 is 8.78 Å². The van der Waals surface area contributed by atoms with Gasteiger partial charge in [-0.05, 0) is 126 Å². The molecule has 3 fully saturated rings. The highest BCUT2D eigenvalue weighted by Gasteiger charge is 2.30. The van der Waals surface area contributed by atoms with Gasteiger partial charge in [-0.25, -0.2) is 28.3 Å². The molecule has 19 nitrogen and oxygen atoms in total. The number of pyridine rings is 1. The molecule has 0 unspecified atom stereocenters. The molecule has 0 radical (unpaired) electrons. The zero-order chi connectivity index (χ0) is 56.9. The van der Waals surface area contributed by atoms with Gasteiger partial charge in [0, 0.05) is 92.9 Å². The lowest BCUT2D eigenvalue weighted by Crippen LogP contribution is -2.49. The molecule has 0 spiro atoms. The number of halogens is 2. The second-order valence-electron chi connectivity index (χ2n) is 22.2. The van der Waals surface area contributed by atoms with Crippen molar-refractivity contribution in [1.29, 1.82) is 0 Å². The fourth-order valence-electron chi connectivity index (χ4n) is 10.3. The molecule has 6 aromatic rings. The lowest BCUT2D eigenvalue weighted by Gasteiger charge is -2.37. The summed E-state index contributed by atoms with van der Waals surface area (Å²) in [7, 11) is 0. The number of nitrogens with one attached hydrogen (secondary N) is 4. The highest BCUT2D eigenvalue weighted by atomic mass is 19.1. The van der Waals surface area contributed by atoms with Gasteiger partial charge in [0.15, 0.2) is 0 Å². The Morgan fingerprint density at radius 3 is 2.20 bits per heavy atom. The van der Waals surface area contributed by atoms with E-state index in [1.54, 1.807) is 58.4 Å². The third-order valence-corrected chi connectivity index (χ3v) is 14.7. The van der Waals surface area contributed by atoms with Crippen LogP contribution in [0.15, 0.2) is 90.1 Å². The zero-order valence-corrected chi connectivity index (χ0v) is 46.0. The highest BCUT2D eigenvalue weighted by Crippen LogP contribution is 2.36. The zero-order valence-electron chi connectivity index (χ0n) is 46.0. The van der Waals surface area contributed by atoms with E-state index in [-0.39, 0.29) is 53.5 Å². The second-order valence-corrected chi connectivity index (χ2v) is 22.2. The van der Waals surface area contributed by atoms with Crippen molar-refractivity contribution < 1.29 is 47.0 Å². The van der Waals surface area contributed by atoms with Crippen LogP contribution in [0.1, 0.15) is 99.3 Å². The number of likely N-dealkylation sites (tertiary alicyclic amines) is 2. The number of H-pyrrole nitrogens is 1. The van der Waals surface area contributed by atoms with Gasteiger partial charge in [0.05, 0.1) is 30.0 Å². The number of piperidine rings is 2. The van der Waals surface area contributed by atoms with Crippen LogP contribution in [0.25, 0.3) is 33.5 Å². The fraction of sp³-hybridized carbons (Fsp3) is 0.424. The van der Waals surface area contributed by atoms with Gasteiger partial charge in [0.25, 0.3) is 11.5 Å². The molecule has 3 aliphatic heterocycles. The first-order valence-corrected chi connectivity index (χ1v) is 27.1. The van der Waals surface area contributed by atoms with Gasteiger partial charge in [-0.1, -0.05) is 36.4 Å². The van der Waals surface area contributed by atoms with Gasteiger partial charge < -0.3 is 44.2 Å². The number of ether oxygens (including phenoxy) is 3. The standard InChI is InChI=1S/C59H68F2N10O9/c1-36-45(29-41(60)30-48(36)66-54(74)44-14-13-40(28-47(44)61)59(5,6)79-51(73)32-62-57(77)80-58(2,3)4)52-46-31-49(65-53(46)64-35-63-52)38-11-9-37(10-12-38)33-69-23-17-43(18-24-69)78-42-15-21-68(22-16-42)26-27-70-20-7-8-39(55(70)75)34-71-25-19-50(72)67-56(71)76/h7-14,20,28-31,35,42-43H,15-19,21-27,32-34H2,1-6H3,(H,62,77)(H,66,74)(H,63,64,65)(H,67,72,76). The minimum absolute atomic E-state index is 0.116. The molecule has 3 aliphatic rings. The number of alkyl carbamates (subject to hydrolysis) is 1. The Bertz CT molecular complexity index is 3340. The summed E-state index contributed by atoms with van der Waals surface area (Å²) >= 11 is 0. The number of aromatic amines is 1. The molecule has 5 amide bonds. The average Bonchev–Trinajstić information content (AvgIpc) is 3.94. The maximum absolute atomic E-state index is 15.7. The van der Waals surface area contributed by atoms with E-state index in [4.69, 9.17) is 14.2 Å². The highest BCUT2D eigenvalue weighted by molar-refractivity contribution is 6.06. The summed E-state index contributed by atoms with van der Waals surface area (Å²) < 4.78 is 50.1. The molecule has 0 saturated carbocycles. The van der Waals surface area contributed by atoms with E-state index in [9.17, 15) is 28.8 Å². The van der Waals surface area contributed by atoms with Crippen LogP contribution in [0, 0.1) is 18.6 Å². The molecule has 0 bridgehead atoms. The smallest absolute Gasteiger partial charge is 0.408 e. The molecule has 80 heavy (non-hydrogen) atoms. The Kier molecular flexibility index (Phi) is 17.2. The summed E-state index contributed by atoms with van der Waals surface area (Å²) in [5.74, 6) is -3.46. The molecule has 3 saturated heterocycles. The van der Waals surface area contributed by atoms with Crippen molar-refractivity contribution in [1.82, 2.24) is 44.9 Å². The number of urea groups is 1. The first-order chi connectivity index (χ1) is 38.1. The SMILES string of the molecule is Cc1c(NC(=O)c2ccc(C(C)(C)OC(=O)CNC(=O)OC(C)(C)C)cc2F)cc(F)cc1-c1ncnc2[nH]c(-c3ccc(CN4CCC(OC5CCN(CCn6cccc(CN7CCC(=O)NC7=O)c6=O)CC5)CC4)cc3)cc12. The van der Waals surface area contributed by atoms with Gasteiger partial charge in [-0.3, -0.25) is 29.4 Å². The number of carbonyl (C=O) groups is 5. The Balaban J connectivity index is 0.746. The predicted octanol–water partition coefficient (Wildman–Crippen LogP) is 8.18. The van der Waals surface area contributed by atoms with Crippen molar-refractivity contribution in [2.75, 3.05) is 51.1 Å². The van der Waals surface area contributed by atoms with E-state index in [0.717, 1.165) is 88.3 Å². The van der Waals surface area contributed by atoms with Crippen LogP contribution in [-0.4, -0.2) is 128 Å². The lowest BCUT2D eigenvalue weighted by molar-refractivity contribution is -0.156. The first kappa shape index (κ1) is 56.8. The van der Waals surface area contributed by atoms with Crippen LogP contribution in [0.2, 0.25) is 0 Å². The first-order valence-electron chi connectivity index (χ1n) is 27.1. The molecule has 0 atom stereocenters. The lowest BCUT2D eigenvalue weighted by atomic mass is 9.96. The summed E-state index contributed by atoms with van der Waals surface area (Å²) in [5, 5.41) is 7.94. The van der Waals surface area contributed by atoms with E-state index in [2.05, 4.69) is 65.0 Å². The minimum Gasteiger partial charge on any atom is -0.453 e. The Labute approximate surface area is 462 Å². The number of anilines is 1. The predicted molar refractivity (Wildman–Crippen MR) is 295 cm³/mol. The number of hydrogen-bond acceptors (Lipinski definition) is 13. The van der Waals surface area contributed by atoms with Gasteiger partial charge in [0.1, 0.15) is 41.4 Å². The van der Waals surface area contributed by atoms with Crippen molar-refractivity contribution in [3.63, 3.8) is 0 Å². The summed E-state index contributed by atoms with van der Waals surface area (Å²) in [6.45, 7) is 15.6. The van der Waals surface area contributed by atoms with Crippen LogP contribution in [0.4, 0.5) is 24.1 Å². The number of benzene rings is 3. The number of rotatable bonds is 17. The number of nitrogens with zero attached hydrogens (tertiary/aromatic N) is 6.